The van der Waals surface area contributed by atoms with Crippen molar-refractivity contribution in [3.8, 4) is 0 Å². The summed E-state index contributed by atoms with van der Waals surface area (Å²) in [5, 5.41) is 11.6. The second-order valence-electron chi connectivity index (χ2n) is 5.36. The van der Waals surface area contributed by atoms with Gasteiger partial charge in [0, 0.05) is 31.1 Å². The summed E-state index contributed by atoms with van der Waals surface area (Å²) in [7, 11) is 1.88. The first kappa shape index (κ1) is 15.8. The number of hydrogen-bond donors (Lipinski definition) is 3. The maximum atomic E-state index is 8.44. The number of nitrogens with one attached hydrogen (secondary N) is 3. The Kier molecular flexibility index (Phi) is 5.36. The van der Waals surface area contributed by atoms with Crippen LogP contribution in [0.3, 0.4) is 0 Å². The van der Waals surface area contributed by atoms with Gasteiger partial charge in [-0.15, -0.1) is 0 Å². The standard InChI is InChI=1S/C17H23N5/c1-13(2)22(11-15-10-20-12-21-15)17(18)9-16(19-3)14-7-5-4-6-8-14/h4-10,12-13,18-19H,11H2,1-3H3,(H,20,21)/b16-9-,18-17?. The molecule has 0 atom stereocenters. The predicted molar refractivity (Wildman–Crippen MR) is 90.5 cm³/mol. The van der Waals surface area contributed by atoms with E-state index < -0.39 is 0 Å². The van der Waals surface area contributed by atoms with Crippen LogP contribution in [-0.4, -0.2) is 33.8 Å². The van der Waals surface area contributed by atoms with E-state index in [2.05, 4.69) is 29.1 Å². The molecule has 0 bridgehead atoms. The van der Waals surface area contributed by atoms with Gasteiger partial charge in [0.05, 0.1) is 18.6 Å². The zero-order valence-electron chi connectivity index (χ0n) is 13.3. The summed E-state index contributed by atoms with van der Waals surface area (Å²) in [6.07, 6.45) is 5.32. The van der Waals surface area contributed by atoms with E-state index in [1.54, 1.807) is 12.5 Å². The first-order valence-electron chi connectivity index (χ1n) is 7.39. The SMILES string of the molecule is CN/C(=C\C(=N)N(Cc1cnc[nH]1)C(C)C)c1ccccc1. The summed E-state index contributed by atoms with van der Waals surface area (Å²) in [4.78, 5) is 9.15. The Hall–Kier alpha value is -2.56. The van der Waals surface area contributed by atoms with Crippen LogP contribution in [0.4, 0.5) is 0 Å². The summed E-state index contributed by atoms with van der Waals surface area (Å²) < 4.78 is 0. The number of amidine groups is 1. The first-order valence-corrected chi connectivity index (χ1v) is 7.39. The molecule has 0 unspecified atom stereocenters. The summed E-state index contributed by atoms with van der Waals surface area (Å²) >= 11 is 0. The Bertz CT molecular complexity index is 614. The number of aromatic nitrogens is 2. The number of hydrogen-bond acceptors (Lipinski definition) is 3. The molecule has 0 fully saturated rings. The van der Waals surface area contributed by atoms with Crippen LogP contribution in [0.2, 0.25) is 0 Å². The molecular formula is C17H23N5. The van der Waals surface area contributed by atoms with Crippen molar-refractivity contribution < 1.29 is 0 Å². The van der Waals surface area contributed by atoms with Gasteiger partial charge in [0.15, 0.2) is 0 Å². The van der Waals surface area contributed by atoms with Crippen LogP contribution < -0.4 is 5.32 Å². The van der Waals surface area contributed by atoms with Crippen LogP contribution in [0.25, 0.3) is 5.70 Å². The maximum absolute atomic E-state index is 8.44. The summed E-state index contributed by atoms with van der Waals surface area (Å²) in [5.74, 6) is 0.470. The van der Waals surface area contributed by atoms with Crippen LogP contribution in [0.5, 0.6) is 0 Å². The minimum absolute atomic E-state index is 0.223. The van der Waals surface area contributed by atoms with Gasteiger partial charge in [-0.2, -0.15) is 0 Å². The minimum Gasteiger partial charge on any atom is -0.388 e. The van der Waals surface area contributed by atoms with Crippen LogP contribution in [0.15, 0.2) is 48.9 Å². The number of nitrogens with zero attached hydrogens (tertiary/aromatic N) is 2. The van der Waals surface area contributed by atoms with E-state index in [0.29, 0.717) is 12.4 Å². The van der Waals surface area contributed by atoms with Crippen molar-refractivity contribution in [2.75, 3.05) is 7.05 Å². The molecule has 1 aromatic heterocycles. The van der Waals surface area contributed by atoms with E-state index in [0.717, 1.165) is 17.0 Å². The van der Waals surface area contributed by atoms with Gasteiger partial charge in [-0.05, 0) is 19.4 Å². The fourth-order valence-corrected chi connectivity index (χ4v) is 2.24. The molecule has 0 saturated heterocycles. The third-order valence-electron chi connectivity index (χ3n) is 3.46. The molecule has 0 aliphatic heterocycles. The van der Waals surface area contributed by atoms with E-state index in [1.165, 1.54) is 0 Å². The predicted octanol–water partition coefficient (Wildman–Crippen LogP) is 2.86. The number of rotatable bonds is 6. The summed E-state index contributed by atoms with van der Waals surface area (Å²) in [6, 6.07) is 10.3. The van der Waals surface area contributed by atoms with Crippen molar-refractivity contribution in [2.24, 2.45) is 0 Å². The normalized spacial score (nSPS) is 11.5. The van der Waals surface area contributed by atoms with Crippen molar-refractivity contribution in [2.45, 2.75) is 26.4 Å². The highest BCUT2D eigenvalue weighted by atomic mass is 15.2. The average Bonchev–Trinajstić information content (AvgIpc) is 3.03. The molecule has 116 valence electrons. The Morgan fingerprint density at radius 1 is 1.36 bits per heavy atom. The highest BCUT2D eigenvalue weighted by molar-refractivity contribution is 5.97. The van der Waals surface area contributed by atoms with E-state index in [9.17, 15) is 0 Å². The van der Waals surface area contributed by atoms with Gasteiger partial charge in [-0.1, -0.05) is 30.3 Å². The maximum Gasteiger partial charge on any atom is 0.123 e. The molecule has 5 nitrogen and oxygen atoms in total. The molecular weight excluding hydrogens is 274 g/mol. The monoisotopic (exact) mass is 297 g/mol. The molecule has 0 spiro atoms. The lowest BCUT2D eigenvalue weighted by molar-refractivity contribution is 0.339. The zero-order valence-corrected chi connectivity index (χ0v) is 13.3. The topological polar surface area (TPSA) is 67.8 Å². The number of H-pyrrole nitrogens is 1. The van der Waals surface area contributed by atoms with Crippen molar-refractivity contribution in [1.82, 2.24) is 20.2 Å². The van der Waals surface area contributed by atoms with Crippen molar-refractivity contribution in [3.63, 3.8) is 0 Å². The molecule has 0 aliphatic rings. The van der Waals surface area contributed by atoms with Crippen LogP contribution in [0, 0.1) is 5.41 Å². The highest BCUT2D eigenvalue weighted by Gasteiger charge is 2.14. The highest BCUT2D eigenvalue weighted by Crippen LogP contribution is 2.13. The van der Waals surface area contributed by atoms with Gasteiger partial charge in [0.2, 0.25) is 0 Å². The number of benzene rings is 1. The molecule has 1 heterocycles. The van der Waals surface area contributed by atoms with Gasteiger partial charge in [-0.3, -0.25) is 5.41 Å². The lowest BCUT2D eigenvalue weighted by Gasteiger charge is -2.27. The molecule has 2 aromatic rings. The van der Waals surface area contributed by atoms with Gasteiger partial charge < -0.3 is 15.2 Å². The van der Waals surface area contributed by atoms with Crippen LogP contribution in [0.1, 0.15) is 25.1 Å². The third kappa shape index (κ3) is 3.97. The van der Waals surface area contributed by atoms with Crippen molar-refractivity contribution in [3.05, 3.63) is 60.2 Å². The van der Waals surface area contributed by atoms with E-state index in [4.69, 9.17) is 5.41 Å². The van der Waals surface area contributed by atoms with Gasteiger partial charge >= 0.3 is 0 Å². The molecule has 0 amide bonds. The Morgan fingerprint density at radius 3 is 2.64 bits per heavy atom. The summed E-state index contributed by atoms with van der Waals surface area (Å²) in [5.41, 5.74) is 3.00. The molecule has 0 aliphatic carbocycles. The van der Waals surface area contributed by atoms with Gasteiger partial charge in [0.25, 0.3) is 0 Å². The van der Waals surface area contributed by atoms with Crippen LogP contribution >= 0.6 is 0 Å². The molecule has 0 radical (unpaired) electrons. The average molecular weight is 297 g/mol. The minimum atomic E-state index is 0.223. The second kappa shape index (κ2) is 7.45. The Morgan fingerprint density at radius 2 is 2.09 bits per heavy atom. The molecule has 5 heteroatoms. The largest absolute Gasteiger partial charge is 0.388 e. The van der Waals surface area contributed by atoms with Gasteiger partial charge in [0.1, 0.15) is 5.84 Å². The molecule has 22 heavy (non-hydrogen) atoms. The Labute approximate surface area is 131 Å². The number of aromatic amines is 1. The molecule has 1 aromatic carbocycles. The molecule has 3 N–H and O–H groups in total. The first-order chi connectivity index (χ1) is 10.6. The smallest absolute Gasteiger partial charge is 0.123 e. The van der Waals surface area contributed by atoms with Gasteiger partial charge in [-0.25, -0.2) is 4.98 Å². The third-order valence-corrected chi connectivity index (χ3v) is 3.46. The Balaban J connectivity index is 2.20. The lowest BCUT2D eigenvalue weighted by Crippen LogP contribution is -2.35. The quantitative estimate of drug-likeness (QED) is 0.567. The van der Waals surface area contributed by atoms with E-state index in [-0.39, 0.29) is 6.04 Å². The van der Waals surface area contributed by atoms with E-state index >= 15 is 0 Å². The van der Waals surface area contributed by atoms with Crippen LogP contribution in [-0.2, 0) is 6.54 Å². The fourth-order valence-electron chi connectivity index (χ4n) is 2.24. The van der Waals surface area contributed by atoms with E-state index in [1.807, 2.05) is 48.4 Å². The molecule has 2 rings (SSSR count). The summed E-state index contributed by atoms with van der Waals surface area (Å²) in [6.45, 7) is 4.80. The second-order valence-corrected chi connectivity index (χ2v) is 5.36. The lowest BCUT2D eigenvalue weighted by atomic mass is 10.1. The molecule has 0 saturated carbocycles. The van der Waals surface area contributed by atoms with Crippen molar-refractivity contribution in [1.29, 1.82) is 5.41 Å². The zero-order chi connectivity index (χ0) is 15.9. The fraction of sp³-hybridized carbons (Fsp3) is 0.294. The van der Waals surface area contributed by atoms with Crippen molar-refractivity contribution >= 4 is 11.5 Å². The number of imidazole rings is 1.